The van der Waals surface area contributed by atoms with E-state index in [0.717, 1.165) is 11.0 Å². The molecular formula is C27H22N2S. The molecule has 146 valence electrons. The van der Waals surface area contributed by atoms with Crippen molar-refractivity contribution in [3.8, 4) is 22.3 Å². The van der Waals surface area contributed by atoms with E-state index in [1.807, 2.05) is 13.0 Å². The first-order valence-corrected chi connectivity index (χ1v) is 10.6. The van der Waals surface area contributed by atoms with Gasteiger partial charge in [0, 0.05) is 17.3 Å². The summed E-state index contributed by atoms with van der Waals surface area (Å²) in [6, 6.07) is 34.2. The number of thiol groups is 1. The molecule has 0 aliphatic carbocycles. The Morgan fingerprint density at radius 3 is 2.13 bits per heavy atom. The molecule has 0 spiro atoms. The number of aliphatic imine (C=N–C) groups is 1. The summed E-state index contributed by atoms with van der Waals surface area (Å²) in [7, 11) is 0. The van der Waals surface area contributed by atoms with E-state index in [9.17, 15) is 0 Å². The third-order valence-corrected chi connectivity index (χ3v) is 5.82. The highest BCUT2D eigenvalue weighted by Crippen LogP contribution is 2.38. The molecule has 0 saturated heterocycles. The number of fused-ring (bicyclic) bond motifs is 3. The van der Waals surface area contributed by atoms with E-state index in [2.05, 4.69) is 101 Å². The Balaban J connectivity index is 1.88. The van der Waals surface area contributed by atoms with Crippen LogP contribution in [-0.4, -0.2) is 16.3 Å². The number of nitrogens with zero attached hydrogens (tertiary/aromatic N) is 2. The first kappa shape index (κ1) is 18.7. The maximum absolute atomic E-state index is 4.77. The minimum Gasteiger partial charge on any atom is -0.289 e. The third kappa shape index (κ3) is 3.12. The van der Waals surface area contributed by atoms with Crippen molar-refractivity contribution in [3.63, 3.8) is 0 Å². The molecule has 2 nitrogen and oxygen atoms in total. The fourth-order valence-electron chi connectivity index (χ4n) is 4.16. The molecule has 0 amide bonds. The summed E-state index contributed by atoms with van der Waals surface area (Å²) in [4.78, 5) is 4.62. The SMILES string of the molecule is CC/N=C(\S)n1c2cc(-c3ccccc3)ccc2c2c(-c3ccccc3)cccc21. The molecule has 0 radical (unpaired) electrons. The summed E-state index contributed by atoms with van der Waals surface area (Å²) in [6.45, 7) is 2.73. The molecule has 5 aromatic rings. The van der Waals surface area contributed by atoms with Crippen LogP contribution in [0, 0.1) is 0 Å². The van der Waals surface area contributed by atoms with Crippen LogP contribution in [0.4, 0.5) is 0 Å². The highest BCUT2D eigenvalue weighted by Gasteiger charge is 2.17. The Morgan fingerprint density at radius 2 is 1.43 bits per heavy atom. The van der Waals surface area contributed by atoms with Gasteiger partial charge < -0.3 is 0 Å². The van der Waals surface area contributed by atoms with Gasteiger partial charge in [-0.25, -0.2) is 0 Å². The van der Waals surface area contributed by atoms with Crippen molar-refractivity contribution in [3.05, 3.63) is 97.1 Å². The number of hydrogen-bond donors (Lipinski definition) is 1. The Bertz CT molecular complexity index is 1370. The quantitative estimate of drug-likeness (QED) is 0.184. The van der Waals surface area contributed by atoms with Crippen LogP contribution >= 0.6 is 12.6 Å². The molecule has 0 bridgehead atoms. The Kier molecular flexibility index (Phi) is 4.89. The molecule has 0 unspecified atom stereocenters. The van der Waals surface area contributed by atoms with Crippen LogP contribution in [0.5, 0.6) is 0 Å². The molecule has 0 saturated carbocycles. The van der Waals surface area contributed by atoms with Gasteiger partial charge in [0.1, 0.15) is 0 Å². The van der Waals surface area contributed by atoms with Crippen molar-refractivity contribution < 1.29 is 0 Å². The number of aromatic nitrogens is 1. The van der Waals surface area contributed by atoms with Crippen molar-refractivity contribution in [2.24, 2.45) is 4.99 Å². The van der Waals surface area contributed by atoms with Crippen molar-refractivity contribution in [2.75, 3.05) is 6.54 Å². The summed E-state index contributed by atoms with van der Waals surface area (Å²) >= 11 is 4.77. The van der Waals surface area contributed by atoms with Gasteiger partial charge in [-0.3, -0.25) is 9.56 Å². The average Bonchev–Trinajstić information content (AvgIpc) is 3.14. The first-order chi connectivity index (χ1) is 14.8. The predicted octanol–water partition coefficient (Wildman–Crippen LogP) is 7.28. The van der Waals surface area contributed by atoms with Gasteiger partial charge in [0.15, 0.2) is 5.17 Å². The second-order valence-corrected chi connectivity index (χ2v) is 7.67. The molecule has 0 N–H and O–H groups in total. The Hall–Kier alpha value is -3.30. The molecule has 30 heavy (non-hydrogen) atoms. The molecule has 0 aliphatic heterocycles. The lowest BCUT2D eigenvalue weighted by atomic mass is 9.98. The minimum absolute atomic E-state index is 0.691. The fourth-order valence-corrected chi connectivity index (χ4v) is 4.52. The zero-order chi connectivity index (χ0) is 20.5. The molecular weight excluding hydrogens is 384 g/mol. The zero-order valence-electron chi connectivity index (χ0n) is 16.8. The normalized spacial score (nSPS) is 12.0. The molecule has 5 rings (SSSR count). The summed E-state index contributed by atoms with van der Waals surface area (Å²) < 4.78 is 2.18. The summed E-state index contributed by atoms with van der Waals surface area (Å²) in [5, 5.41) is 3.16. The van der Waals surface area contributed by atoms with Crippen LogP contribution in [0.3, 0.4) is 0 Å². The lowest BCUT2D eigenvalue weighted by Gasteiger charge is -2.08. The average molecular weight is 407 g/mol. The van der Waals surface area contributed by atoms with E-state index >= 15 is 0 Å². The van der Waals surface area contributed by atoms with Gasteiger partial charge in [0.2, 0.25) is 0 Å². The number of benzene rings is 4. The zero-order valence-corrected chi connectivity index (χ0v) is 17.7. The van der Waals surface area contributed by atoms with Gasteiger partial charge in [0.05, 0.1) is 11.0 Å². The van der Waals surface area contributed by atoms with Crippen LogP contribution in [0.1, 0.15) is 6.92 Å². The topological polar surface area (TPSA) is 17.3 Å². The van der Waals surface area contributed by atoms with Crippen molar-refractivity contribution in [2.45, 2.75) is 6.92 Å². The van der Waals surface area contributed by atoms with Gasteiger partial charge in [-0.1, -0.05) is 84.9 Å². The fraction of sp³-hybridized carbons (Fsp3) is 0.0741. The van der Waals surface area contributed by atoms with Crippen LogP contribution in [0.2, 0.25) is 0 Å². The Morgan fingerprint density at radius 1 is 0.733 bits per heavy atom. The van der Waals surface area contributed by atoms with Gasteiger partial charge in [0.25, 0.3) is 0 Å². The minimum atomic E-state index is 0.691. The van der Waals surface area contributed by atoms with E-state index in [1.165, 1.54) is 33.0 Å². The third-order valence-electron chi connectivity index (χ3n) is 5.48. The number of rotatable bonds is 3. The van der Waals surface area contributed by atoms with E-state index in [1.54, 1.807) is 0 Å². The van der Waals surface area contributed by atoms with Crippen LogP contribution < -0.4 is 0 Å². The molecule has 4 aromatic carbocycles. The van der Waals surface area contributed by atoms with E-state index in [0.29, 0.717) is 11.7 Å². The van der Waals surface area contributed by atoms with Crippen LogP contribution in [0.25, 0.3) is 44.1 Å². The van der Waals surface area contributed by atoms with E-state index < -0.39 is 0 Å². The summed E-state index contributed by atoms with van der Waals surface area (Å²) in [5.74, 6) is 0. The molecule has 0 fully saturated rings. The monoisotopic (exact) mass is 406 g/mol. The lowest BCUT2D eigenvalue weighted by Crippen LogP contribution is -2.05. The second-order valence-electron chi connectivity index (χ2n) is 7.27. The standard InChI is InChI=1S/C27H22N2S/c1-2-28-27(30)29-24-15-9-14-22(20-12-7-4-8-13-20)26(24)23-17-16-21(18-25(23)29)19-10-5-3-6-11-19/h3-18H,2H2,1H3,(H,28,30). The molecule has 3 heteroatoms. The molecule has 1 heterocycles. The second kappa shape index (κ2) is 7.85. The molecule has 1 aromatic heterocycles. The Labute approximate surface area is 181 Å². The van der Waals surface area contributed by atoms with Crippen LogP contribution in [-0.2, 0) is 0 Å². The number of hydrogen-bond acceptors (Lipinski definition) is 1. The maximum atomic E-state index is 4.77. The first-order valence-electron chi connectivity index (χ1n) is 10.2. The van der Waals surface area contributed by atoms with Gasteiger partial charge >= 0.3 is 0 Å². The van der Waals surface area contributed by atoms with Gasteiger partial charge in [-0.05, 0) is 41.3 Å². The largest absolute Gasteiger partial charge is 0.289 e. The highest BCUT2D eigenvalue weighted by atomic mass is 32.1. The maximum Gasteiger partial charge on any atom is 0.165 e. The van der Waals surface area contributed by atoms with Crippen molar-refractivity contribution in [1.82, 2.24) is 4.57 Å². The van der Waals surface area contributed by atoms with Gasteiger partial charge in [-0.2, -0.15) is 0 Å². The summed E-state index contributed by atoms with van der Waals surface area (Å²) in [6.07, 6.45) is 0. The van der Waals surface area contributed by atoms with Crippen molar-refractivity contribution in [1.29, 1.82) is 0 Å². The van der Waals surface area contributed by atoms with Gasteiger partial charge in [-0.15, -0.1) is 12.6 Å². The molecule has 0 aliphatic rings. The highest BCUT2D eigenvalue weighted by molar-refractivity contribution is 7.96. The van der Waals surface area contributed by atoms with E-state index in [4.69, 9.17) is 12.6 Å². The predicted molar refractivity (Wildman–Crippen MR) is 133 cm³/mol. The smallest absolute Gasteiger partial charge is 0.165 e. The van der Waals surface area contributed by atoms with Crippen LogP contribution in [0.15, 0.2) is 102 Å². The van der Waals surface area contributed by atoms with Crippen molar-refractivity contribution >= 4 is 39.6 Å². The van der Waals surface area contributed by atoms with E-state index in [-0.39, 0.29) is 0 Å². The molecule has 0 atom stereocenters. The summed E-state index contributed by atoms with van der Waals surface area (Å²) in [5.41, 5.74) is 7.07. The lowest BCUT2D eigenvalue weighted by molar-refractivity contribution is 1.11.